The predicted molar refractivity (Wildman–Crippen MR) is 205 cm³/mol. The largest absolute Gasteiger partial charge is 0.508 e. The van der Waals surface area contributed by atoms with E-state index in [4.69, 9.17) is 4.74 Å². The average Bonchev–Trinajstić information content (AvgIpc) is 3.15. The molecule has 0 aliphatic heterocycles. The van der Waals surface area contributed by atoms with Gasteiger partial charge in [-0.25, -0.2) is 9.59 Å². The molecule has 55 heavy (non-hydrogen) atoms. The topological polar surface area (TPSA) is 237 Å². The molecule has 0 unspecified atom stereocenters. The number of phenols is 8. The Kier molecular flexibility index (Phi) is 12.3. The van der Waals surface area contributed by atoms with Crippen LogP contribution < -0.4 is 5.32 Å². The van der Waals surface area contributed by atoms with Crippen molar-refractivity contribution in [2.24, 2.45) is 0 Å². The lowest BCUT2D eigenvalue weighted by Gasteiger charge is -2.25. The van der Waals surface area contributed by atoms with E-state index in [0.29, 0.717) is 51.7 Å². The molecule has 0 saturated heterocycles. The van der Waals surface area contributed by atoms with Gasteiger partial charge < -0.3 is 56.0 Å². The Labute approximate surface area is 316 Å². The van der Waals surface area contributed by atoms with Gasteiger partial charge in [-0.15, -0.1) is 0 Å². The Morgan fingerprint density at radius 1 is 0.709 bits per heavy atom. The number of likely N-dealkylation sites (N-methyl/N-ethyl adjacent to an activating group) is 1. The molecule has 0 radical (unpaired) electrons. The molecule has 0 spiro atoms. The van der Waals surface area contributed by atoms with Gasteiger partial charge in [0, 0.05) is 23.9 Å². The summed E-state index contributed by atoms with van der Waals surface area (Å²) in [6.07, 6.45) is 1.76. The minimum atomic E-state index is -1.82. The number of aromatic hydroxyl groups is 8. The Balaban J connectivity index is 1.64. The van der Waals surface area contributed by atoms with Crippen molar-refractivity contribution in [2.45, 2.75) is 51.6 Å². The first-order chi connectivity index (χ1) is 26.2. The molecular weight excluding hydrogens is 710 g/mol. The van der Waals surface area contributed by atoms with Crippen LogP contribution in [0.3, 0.4) is 0 Å². The maximum atomic E-state index is 13.7. The number of benzene rings is 5. The van der Waals surface area contributed by atoms with Crippen LogP contribution in [0.1, 0.15) is 56.6 Å². The molecule has 0 bridgehead atoms. The third kappa shape index (κ3) is 8.79. The van der Waals surface area contributed by atoms with Crippen molar-refractivity contribution >= 4 is 28.3 Å². The lowest BCUT2D eigenvalue weighted by molar-refractivity contribution is -0.162. The first-order valence-electron chi connectivity index (χ1n) is 17.7. The minimum Gasteiger partial charge on any atom is -0.508 e. The van der Waals surface area contributed by atoms with Crippen LogP contribution in [0.2, 0.25) is 0 Å². The quantitative estimate of drug-likeness (QED) is 0.0221. The van der Waals surface area contributed by atoms with Gasteiger partial charge in [0.15, 0.2) is 40.2 Å². The third-order valence-electron chi connectivity index (χ3n) is 9.35. The monoisotopic (exact) mass is 753 g/mol. The summed E-state index contributed by atoms with van der Waals surface area (Å²) in [7, 11) is 0. The van der Waals surface area contributed by atoms with Crippen LogP contribution in [0.4, 0.5) is 0 Å². The Bertz CT molecular complexity index is 2240. The number of esters is 1. The number of allylic oxidation sites excluding steroid dienone is 1. The molecule has 5 aromatic carbocycles. The van der Waals surface area contributed by atoms with E-state index in [-0.39, 0.29) is 29.7 Å². The second-order valence-electron chi connectivity index (χ2n) is 13.1. The maximum Gasteiger partial charge on any atom is 0.345 e. The van der Waals surface area contributed by atoms with Crippen molar-refractivity contribution in [1.29, 1.82) is 0 Å². The van der Waals surface area contributed by atoms with Crippen molar-refractivity contribution in [3.8, 4) is 68.2 Å². The van der Waals surface area contributed by atoms with Crippen molar-refractivity contribution in [3.05, 3.63) is 90.0 Å². The van der Waals surface area contributed by atoms with E-state index >= 15 is 0 Å². The molecule has 10 N–H and O–H groups in total. The molecular formula is C42H43NO12. The molecule has 288 valence electrons. The van der Waals surface area contributed by atoms with Crippen LogP contribution in [0.5, 0.6) is 46.0 Å². The zero-order valence-electron chi connectivity index (χ0n) is 30.2. The second kappa shape index (κ2) is 17.0. The highest BCUT2D eigenvalue weighted by Gasteiger charge is 2.34. The molecule has 0 aliphatic rings. The molecule has 0 fully saturated rings. The summed E-state index contributed by atoms with van der Waals surface area (Å²) < 4.78 is 5.59. The number of unbranched alkanes of at least 4 members (excludes halogenated alkanes) is 2. The number of nitrogens with one attached hydrogen (secondary N) is 1. The van der Waals surface area contributed by atoms with E-state index in [9.17, 15) is 55.5 Å². The zero-order chi connectivity index (χ0) is 40.0. The molecule has 5 rings (SSSR count). The summed E-state index contributed by atoms with van der Waals surface area (Å²) in [6.45, 7) is 4.13. The van der Waals surface area contributed by atoms with Gasteiger partial charge in [0.25, 0.3) is 0 Å². The van der Waals surface area contributed by atoms with Crippen LogP contribution in [-0.2, 0) is 14.3 Å². The fourth-order valence-corrected chi connectivity index (χ4v) is 6.55. The summed E-state index contributed by atoms with van der Waals surface area (Å²) in [4.78, 5) is 26.4. The number of rotatable bonds is 15. The highest BCUT2D eigenvalue weighted by molar-refractivity contribution is 6.05. The Morgan fingerprint density at radius 2 is 1.35 bits per heavy atom. The molecule has 13 heteroatoms. The normalized spacial score (nSPS) is 12.7. The van der Waals surface area contributed by atoms with Gasteiger partial charge >= 0.3 is 11.9 Å². The fourth-order valence-electron chi connectivity index (χ4n) is 6.55. The van der Waals surface area contributed by atoms with E-state index in [0.717, 1.165) is 31.1 Å². The molecule has 0 heterocycles. The number of aliphatic carboxylic acids is 1. The predicted octanol–water partition coefficient (Wildman–Crippen LogP) is 7.17. The number of carbonyl (C=O) groups is 2. The van der Waals surface area contributed by atoms with E-state index in [2.05, 4.69) is 5.32 Å². The lowest BCUT2D eigenvalue weighted by atomic mass is 9.89. The Morgan fingerprint density at radius 3 is 1.95 bits per heavy atom. The van der Waals surface area contributed by atoms with Crippen LogP contribution in [0.25, 0.3) is 38.6 Å². The molecule has 13 nitrogen and oxygen atoms in total. The van der Waals surface area contributed by atoms with Crippen molar-refractivity contribution in [3.63, 3.8) is 0 Å². The van der Waals surface area contributed by atoms with Crippen LogP contribution in [-0.4, -0.2) is 77.1 Å². The number of ether oxygens (including phenoxy) is 1. The average molecular weight is 754 g/mol. The van der Waals surface area contributed by atoms with Gasteiger partial charge in [0.2, 0.25) is 6.10 Å². The first-order valence-corrected chi connectivity index (χ1v) is 17.7. The van der Waals surface area contributed by atoms with Crippen molar-refractivity contribution < 1.29 is 60.3 Å². The van der Waals surface area contributed by atoms with E-state index in [1.807, 2.05) is 6.92 Å². The summed E-state index contributed by atoms with van der Waals surface area (Å²) in [5.74, 6) is -7.59. The van der Waals surface area contributed by atoms with Gasteiger partial charge in [0.1, 0.15) is 5.75 Å². The van der Waals surface area contributed by atoms with Crippen LogP contribution in [0.15, 0.2) is 78.9 Å². The summed E-state index contributed by atoms with van der Waals surface area (Å²) >= 11 is 0. The highest BCUT2D eigenvalue weighted by atomic mass is 16.6. The van der Waals surface area contributed by atoms with Gasteiger partial charge in [-0.2, -0.15) is 0 Å². The minimum absolute atomic E-state index is 0.0246. The molecule has 5 aromatic rings. The number of carbonyl (C=O) groups excluding carboxylic acids is 1. The van der Waals surface area contributed by atoms with Gasteiger partial charge in [-0.3, -0.25) is 0 Å². The highest BCUT2D eigenvalue weighted by Crippen LogP contribution is 2.45. The van der Waals surface area contributed by atoms with Crippen LogP contribution in [0, 0.1) is 0 Å². The Hall–Kier alpha value is -6.60. The van der Waals surface area contributed by atoms with Crippen molar-refractivity contribution in [2.75, 3.05) is 13.1 Å². The number of carboxylic acid groups (broad SMARTS) is 1. The van der Waals surface area contributed by atoms with Crippen molar-refractivity contribution in [1.82, 2.24) is 5.32 Å². The molecule has 2 atom stereocenters. The molecule has 0 aliphatic carbocycles. The molecule has 0 aromatic heterocycles. The van der Waals surface area contributed by atoms with Gasteiger partial charge in [-0.05, 0) is 118 Å². The zero-order valence-corrected chi connectivity index (χ0v) is 30.2. The second-order valence-corrected chi connectivity index (χ2v) is 13.1. The fraction of sp³-hybridized carbons (Fsp3) is 0.238. The smallest absolute Gasteiger partial charge is 0.345 e. The lowest BCUT2D eigenvalue weighted by Crippen LogP contribution is -2.38. The standard InChI is InChI=1S/C42H43NO12/c1-3-5-6-8-23(17-38(50)55-41(42(53)54)32(21-43-4-2)25-15-35(47)40(52)36(48)16-25)30-20-37(49)39(51)27-12-11-24(14-31(27)30)29-19-34(46)33(45)18-28(29)22-9-7-10-26(44)13-22/h7,9-20,32,41,43-49,51-52H,3-6,8,21H2,1-2H3,(H,53,54)/t32-,41-/m1/s1. The number of hydrogen-bond acceptors (Lipinski definition) is 12. The summed E-state index contributed by atoms with van der Waals surface area (Å²) in [5, 5.41) is 97.1. The summed E-state index contributed by atoms with van der Waals surface area (Å²) in [6, 6.07) is 17.3. The first kappa shape index (κ1) is 39.6. The maximum absolute atomic E-state index is 13.7. The van der Waals surface area contributed by atoms with E-state index in [1.54, 1.807) is 37.3 Å². The number of carboxylic acids is 1. The van der Waals surface area contributed by atoms with Crippen LogP contribution >= 0.6 is 0 Å². The van der Waals surface area contributed by atoms with Gasteiger partial charge in [-0.1, -0.05) is 44.9 Å². The molecule has 0 amide bonds. The number of phenolic OH excluding ortho intramolecular Hbond substituents is 8. The SMILES string of the molecule is CCCCCC(=CC(=O)O[C@@H](C(=O)O)[C@H](CNCC)c1cc(O)c(O)c(O)c1)c1cc(O)c(O)c2ccc(-c3cc(O)c(O)cc3-c3cccc(O)c3)cc12. The third-order valence-corrected chi connectivity index (χ3v) is 9.35. The number of hydrogen-bond donors (Lipinski definition) is 10. The summed E-state index contributed by atoms with van der Waals surface area (Å²) in [5.41, 5.74) is 2.69. The number of fused-ring (bicyclic) bond motifs is 1. The molecule has 0 saturated carbocycles. The van der Waals surface area contributed by atoms with E-state index in [1.165, 1.54) is 30.3 Å². The van der Waals surface area contributed by atoms with E-state index < -0.39 is 64.2 Å². The van der Waals surface area contributed by atoms with Gasteiger partial charge in [0.05, 0.1) is 0 Å².